The molecule has 0 aliphatic heterocycles. The largest absolute Gasteiger partial charge is 0.493 e. The molecule has 0 fully saturated rings. The first-order valence-electron chi connectivity index (χ1n) is 15.5. The summed E-state index contributed by atoms with van der Waals surface area (Å²) in [6.07, 6.45) is 3.01. The Morgan fingerprint density at radius 1 is 0.837 bits per heavy atom. The van der Waals surface area contributed by atoms with E-state index < -0.39 is 10.0 Å². The Morgan fingerprint density at radius 3 is 2.14 bits per heavy atom. The lowest BCUT2D eigenvalue weighted by Gasteiger charge is -2.20. The van der Waals surface area contributed by atoms with E-state index in [1.807, 2.05) is 51.1 Å². The Morgan fingerprint density at radius 2 is 1.49 bits per heavy atom. The zero-order chi connectivity index (χ0) is 35.0. The van der Waals surface area contributed by atoms with Crippen LogP contribution in [0, 0.1) is 0 Å². The Kier molecular flexibility index (Phi) is 10.7. The number of rotatable bonds is 13. The molecule has 0 spiro atoms. The van der Waals surface area contributed by atoms with Gasteiger partial charge in [0.2, 0.25) is 17.5 Å². The summed E-state index contributed by atoms with van der Waals surface area (Å²) in [5.74, 6) is 0.0130. The number of methoxy groups -OCH3 is 1. The number of para-hydroxylation sites is 2. The molecule has 2 aromatic heterocycles. The quantitative estimate of drug-likeness (QED) is 0.151. The first kappa shape index (κ1) is 34.8. The van der Waals surface area contributed by atoms with Crippen molar-refractivity contribution in [3.05, 3.63) is 108 Å². The molecule has 0 bridgehead atoms. The smallest absolute Gasteiger partial charge is 0.263 e. The van der Waals surface area contributed by atoms with Crippen molar-refractivity contribution in [2.45, 2.75) is 44.0 Å². The van der Waals surface area contributed by atoms with E-state index in [2.05, 4.69) is 24.7 Å². The fourth-order valence-electron chi connectivity index (χ4n) is 4.71. The van der Waals surface area contributed by atoms with Gasteiger partial charge in [-0.1, -0.05) is 75.4 Å². The Labute approximate surface area is 286 Å². The standard InChI is InChI=1S/C36H38N6O6S/c1-36(2,3)26-16-18-27(19-17-26)49(44,45)41-32-31(48-29-15-10-9-14-28(29)46-5)35(40-34(39-32)33-37-21-11-22-38-33)47-23-20-30(43)42(4)24-25-12-7-6-8-13-25/h6-19,21-22H,20,23-24H2,1-5H3,(H,39,40,41). The molecule has 0 saturated carbocycles. The number of hydrogen-bond donors (Lipinski definition) is 1. The summed E-state index contributed by atoms with van der Waals surface area (Å²) in [4.78, 5) is 32.1. The van der Waals surface area contributed by atoms with Crippen molar-refractivity contribution in [2.24, 2.45) is 0 Å². The summed E-state index contributed by atoms with van der Waals surface area (Å²) in [6, 6.07) is 24.7. The fourth-order valence-corrected chi connectivity index (χ4v) is 5.71. The number of sulfonamides is 1. The number of hydrogen-bond acceptors (Lipinski definition) is 10. The van der Waals surface area contributed by atoms with E-state index in [9.17, 15) is 13.2 Å². The molecule has 0 aliphatic rings. The van der Waals surface area contributed by atoms with Gasteiger partial charge in [0, 0.05) is 26.0 Å². The Hall–Kier alpha value is -5.56. The summed E-state index contributed by atoms with van der Waals surface area (Å²) in [6.45, 7) is 6.45. The molecular weight excluding hydrogens is 644 g/mol. The maximum absolute atomic E-state index is 13.8. The van der Waals surface area contributed by atoms with Gasteiger partial charge < -0.3 is 19.1 Å². The molecule has 0 radical (unpaired) electrons. The van der Waals surface area contributed by atoms with Crippen LogP contribution in [0.5, 0.6) is 23.1 Å². The van der Waals surface area contributed by atoms with E-state index in [4.69, 9.17) is 14.2 Å². The molecule has 49 heavy (non-hydrogen) atoms. The van der Waals surface area contributed by atoms with Gasteiger partial charge in [-0.15, -0.1) is 0 Å². The van der Waals surface area contributed by atoms with Crippen LogP contribution in [0.25, 0.3) is 11.6 Å². The van der Waals surface area contributed by atoms with Gasteiger partial charge in [-0.25, -0.2) is 23.4 Å². The van der Waals surface area contributed by atoms with Crippen LogP contribution in [-0.4, -0.2) is 59.9 Å². The van der Waals surface area contributed by atoms with Crippen molar-refractivity contribution in [1.29, 1.82) is 0 Å². The number of aromatic nitrogens is 4. The third-order valence-electron chi connectivity index (χ3n) is 7.39. The van der Waals surface area contributed by atoms with Crippen LogP contribution in [0.4, 0.5) is 5.82 Å². The second-order valence-corrected chi connectivity index (χ2v) is 13.8. The molecule has 0 saturated heterocycles. The van der Waals surface area contributed by atoms with Gasteiger partial charge in [-0.3, -0.25) is 9.52 Å². The van der Waals surface area contributed by atoms with E-state index in [0.29, 0.717) is 12.3 Å². The van der Waals surface area contributed by atoms with Crippen LogP contribution in [0.2, 0.25) is 0 Å². The van der Waals surface area contributed by atoms with Gasteiger partial charge in [0.1, 0.15) is 0 Å². The number of carbonyl (C=O) groups is 1. The van der Waals surface area contributed by atoms with Crippen LogP contribution in [0.15, 0.2) is 102 Å². The minimum absolute atomic E-state index is 0.000207. The number of carbonyl (C=O) groups excluding carboxylic acids is 1. The minimum atomic E-state index is -4.21. The summed E-state index contributed by atoms with van der Waals surface area (Å²) in [5, 5.41) is 0. The first-order chi connectivity index (χ1) is 23.4. The lowest BCUT2D eigenvalue weighted by Crippen LogP contribution is -2.27. The highest BCUT2D eigenvalue weighted by Gasteiger charge is 2.27. The molecule has 1 amide bonds. The van der Waals surface area contributed by atoms with Crippen molar-refractivity contribution in [3.63, 3.8) is 0 Å². The number of anilines is 1. The topological polar surface area (TPSA) is 146 Å². The summed E-state index contributed by atoms with van der Waals surface area (Å²) >= 11 is 0. The van der Waals surface area contributed by atoms with Crippen LogP contribution >= 0.6 is 0 Å². The molecule has 254 valence electrons. The van der Waals surface area contributed by atoms with E-state index >= 15 is 0 Å². The Bertz CT molecular complexity index is 1990. The lowest BCUT2D eigenvalue weighted by molar-refractivity contribution is -0.130. The van der Waals surface area contributed by atoms with Gasteiger partial charge in [-0.2, -0.15) is 4.98 Å². The minimum Gasteiger partial charge on any atom is -0.493 e. The average Bonchev–Trinajstić information content (AvgIpc) is 3.10. The van der Waals surface area contributed by atoms with Gasteiger partial charge in [-0.05, 0) is 46.9 Å². The zero-order valence-electron chi connectivity index (χ0n) is 28.0. The first-order valence-corrected chi connectivity index (χ1v) is 17.0. The monoisotopic (exact) mass is 682 g/mol. The molecule has 3 aromatic carbocycles. The number of amides is 1. The van der Waals surface area contributed by atoms with Crippen molar-refractivity contribution in [1.82, 2.24) is 24.8 Å². The molecule has 0 unspecified atom stereocenters. The molecule has 13 heteroatoms. The summed E-state index contributed by atoms with van der Waals surface area (Å²) in [5.41, 5.74) is 1.78. The second kappa shape index (κ2) is 15.1. The third kappa shape index (κ3) is 8.87. The van der Waals surface area contributed by atoms with Gasteiger partial charge in [0.05, 0.1) is 25.0 Å². The van der Waals surface area contributed by atoms with Crippen LogP contribution in [0.3, 0.4) is 0 Å². The Balaban J connectivity index is 1.52. The maximum atomic E-state index is 13.8. The highest BCUT2D eigenvalue weighted by Crippen LogP contribution is 2.41. The third-order valence-corrected chi connectivity index (χ3v) is 8.74. The molecule has 0 atom stereocenters. The molecule has 12 nitrogen and oxygen atoms in total. The summed E-state index contributed by atoms with van der Waals surface area (Å²) < 4.78 is 48.0. The normalized spacial score (nSPS) is 11.4. The van der Waals surface area contributed by atoms with Crippen molar-refractivity contribution < 1.29 is 27.4 Å². The molecule has 5 rings (SSSR count). The molecular formula is C36H38N6O6S. The molecule has 1 N–H and O–H groups in total. The van der Waals surface area contributed by atoms with Crippen molar-refractivity contribution in [2.75, 3.05) is 25.5 Å². The van der Waals surface area contributed by atoms with E-state index in [1.165, 1.54) is 31.6 Å². The maximum Gasteiger partial charge on any atom is 0.263 e. The zero-order valence-corrected chi connectivity index (χ0v) is 28.8. The number of nitrogens with one attached hydrogen (secondary N) is 1. The van der Waals surface area contributed by atoms with Crippen LogP contribution in [-0.2, 0) is 26.8 Å². The van der Waals surface area contributed by atoms with Gasteiger partial charge in [0.15, 0.2) is 23.1 Å². The van der Waals surface area contributed by atoms with Crippen molar-refractivity contribution in [3.8, 4) is 34.8 Å². The number of ether oxygens (including phenoxy) is 3. The predicted molar refractivity (Wildman–Crippen MR) is 185 cm³/mol. The highest BCUT2D eigenvalue weighted by atomic mass is 32.2. The lowest BCUT2D eigenvalue weighted by atomic mass is 9.87. The number of nitrogens with zero attached hydrogens (tertiary/aromatic N) is 5. The highest BCUT2D eigenvalue weighted by molar-refractivity contribution is 7.92. The van der Waals surface area contributed by atoms with E-state index in [1.54, 1.807) is 54.4 Å². The van der Waals surface area contributed by atoms with Crippen LogP contribution in [0.1, 0.15) is 38.3 Å². The van der Waals surface area contributed by atoms with E-state index in [0.717, 1.165) is 11.1 Å². The van der Waals surface area contributed by atoms with E-state index in [-0.39, 0.29) is 64.1 Å². The average molecular weight is 683 g/mol. The molecule has 5 aromatic rings. The predicted octanol–water partition coefficient (Wildman–Crippen LogP) is 6.26. The SMILES string of the molecule is COc1ccccc1Oc1c(NS(=O)(=O)c2ccc(C(C)(C)C)cc2)nc(-c2ncccn2)nc1OCCC(=O)N(C)Cc1ccccc1. The van der Waals surface area contributed by atoms with Gasteiger partial charge in [0.25, 0.3) is 15.9 Å². The molecule has 0 aliphatic carbocycles. The fraction of sp³-hybridized carbons (Fsp3) is 0.250. The van der Waals surface area contributed by atoms with Crippen molar-refractivity contribution >= 4 is 21.7 Å². The van der Waals surface area contributed by atoms with Crippen LogP contribution < -0.4 is 18.9 Å². The molecule has 2 heterocycles. The van der Waals surface area contributed by atoms with Gasteiger partial charge >= 0.3 is 0 Å². The number of benzene rings is 3. The summed E-state index contributed by atoms with van der Waals surface area (Å²) in [7, 11) is -1.01. The second-order valence-electron chi connectivity index (χ2n) is 12.1.